The zero-order chi connectivity index (χ0) is 24.4. The number of hydrogen-bond donors (Lipinski definition) is 0. The quantitative estimate of drug-likeness (QED) is 0.118. The first-order valence-electron chi connectivity index (χ1n) is 15.9. The summed E-state index contributed by atoms with van der Waals surface area (Å²) in [6.07, 6.45) is 37.2. The number of benzene rings is 1. The Bertz CT molecular complexity index is 517. The molecule has 0 saturated carbocycles. The van der Waals surface area contributed by atoms with E-state index in [1.165, 1.54) is 167 Å². The van der Waals surface area contributed by atoms with Gasteiger partial charge in [0.05, 0.1) is 0 Å². The fourth-order valence-electron chi connectivity index (χ4n) is 5.36. The Hall–Kier alpha value is -0.780. The monoisotopic (exact) mass is 470 g/mol. The molecule has 0 heteroatoms. The lowest BCUT2D eigenvalue weighted by molar-refractivity contribution is 0.535. The minimum atomic E-state index is 1.30. The topological polar surface area (TPSA) is 0 Å². The largest absolute Gasteiger partial charge is 0.0654 e. The number of hydrogen-bond acceptors (Lipinski definition) is 0. The molecule has 0 heterocycles. The van der Waals surface area contributed by atoms with Gasteiger partial charge in [-0.3, -0.25) is 0 Å². The van der Waals surface area contributed by atoms with E-state index in [0.29, 0.717) is 0 Å². The lowest BCUT2D eigenvalue weighted by Crippen LogP contribution is -1.95. The molecular weight excluding hydrogens is 408 g/mol. The van der Waals surface area contributed by atoms with Crippen molar-refractivity contribution in [2.45, 2.75) is 181 Å². The standard InChI is InChI=1S/C34H62/c1-3-5-7-9-11-13-15-16-17-18-20-22-24-26-30-34-32-28-27-31-33(34)29-25-23-21-19-14-12-10-8-6-4-2/h27-28,31-32H,3-26,29-30H2,1-2H3. The molecule has 0 radical (unpaired) electrons. The summed E-state index contributed by atoms with van der Waals surface area (Å²) in [6, 6.07) is 9.29. The molecule has 0 aliphatic heterocycles. The summed E-state index contributed by atoms with van der Waals surface area (Å²) in [5, 5.41) is 0. The molecule has 0 unspecified atom stereocenters. The lowest BCUT2D eigenvalue weighted by Gasteiger charge is -2.10. The summed E-state index contributed by atoms with van der Waals surface area (Å²) in [5.41, 5.74) is 3.27. The van der Waals surface area contributed by atoms with Gasteiger partial charge in [-0.25, -0.2) is 0 Å². The molecule has 0 aliphatic rings. The maximum Gasteiger partial charge on any atom is -0.0276 e. The summed E-state index contributed by atoms with van der Waals surface area (Å²) in [5.74, 6) is 0. The van der Waals surface area contributed by atoms with Crippen molar-refractivity contribution >= 4 is 0 Å². The molecular formula is C34H62. The Morgan fingerprint density at radius 2 is 0.559 bits per heavy atom. The highest BCUT2D eigenvalue weighted by Crippen LogP contribution is 2.18. The van der Waals surface area contributed by atoms with Crippen LogP contribution in [0.1, 0.15) is 179 Å². The van der Waals surface area contributed by atoms with Crippen molar-refractivity contribution in [1.29, 1.82) is 0 Å². The van der Waals surface area contributed by atoms with Gasteiger partial charge in [0.1, 0.15) is 0 Å². The van der Waals surface area contributed by atoms with Gasteiger partial charge in [-0.2, -0.15) is 0 Å². The smallest absolute Gasteiger partial charge is 0.0276 e. The minimum absolute atomic E-state index is 1.30. The first-order valence-corrected chi connectivity index (χ1v) is 15.9. The summed E-state index contributed by atoms with van der Waals surface area (Å²) in [4.78, 5) is 0. The van der Waals surface area contributed by atoms with Gasteiger partial charge in [-0.1, -0.05) is 179 Å². The number of rotatable bonds is 26. The van der Waals surface area contributed by atoms with Gasteiger partial charge < -0.3 is 0 Å². The Labute approximate surface area is 216 Å². The predicted molar refractivity (Wildman–Crippen MR) is 156 cm³/mol. The Balaban J connectivity index is 1.95. The molecule has 0 aromatic heterocycles. The molecule has 0 bridgehead atoms. The Morgan fingerprint density at radius 3 is 0.824 bits per heavy atom. The molecule has 0 N–H and O–H groups in total. The van der Waals surface area contributed by atoms with Gasteiger partial charge >= 0.3 is 0 Å². The van der Waals surface area contributed by atoms with E-state index in [1.54, 1.807) is 11.1 Å². The van der Waals surface area contributed by atoms with E-state index >= 15 is 0 Å². The van der Waals surface area contributed by atoms with Crippen molar-refractivity contribution in [3.05, 3.63) is 35.4 Å². The minimum Gasteiger partial charge on any atom is -0.0654 e. The third-order valence-electron chi connectivity index (χ3n) is 7.72. The van der Waals surface area contributed by atoms with Crippen molar-refractivity contribution in [2.24, 2.45) is 0 Å². The SMILES string of the molecule is CCCCCCCCCCCCCCCCc1ccccc1CCCCCCCCCCCC. The third kappa shape index (κ3) is 19.5. The van der Waals surface area contributed by atoms with E-state index in [2.05, 4.69) is 38.1 Å². The van der Waals surface area contributed by atoms with Crippen molar-refractivity contribution < 1.29 is 0 Å². The average Bonchev–Trinajstić information content (AvgIpc) is 2.86. The third-order valence-corrected chi connectivity index (χ3v) is 7.72. The molecule has 0 nitrogen and oxygen atoms in total. The summed E-state index contributed by atoms with van der Waals surface area (Å²) in [7, 11) is 0. The molecule has 1 rings (SSSR count). The maximum absolute atomic E-state index is 2.40. The molecule has 1 aromatic rings. The van der Waals surface area contributed by atoms with Gasteiger partial charge in [0.15, 0.2) is 0 Å². The van der Waals surface area contributed by atoms with Crippen LogP contribution in [0.4, 0.5) is 0 Å². The highest BCUT2D eigenvalue weighted by atomic mass is 14.1. The van der Waals surface area contributed by atoms with Crippen molar-refractivity contribution in [1.82, 2.24) is 0 Å². The van der Waals surface area contributed by atoms with E-state index < -0.39 is 0 Å². The van der Waals surface area contributed by atoms with Crippen LogP contribution in [-0.2, 0) is 12.8 Å². The van der Waals surface area contributed by atoms with Crippen LogP contribution in [0.15, 0.2) is 24.3 Å². The van der Waals surface area contributed by atoms with Crippen LogP contribution >= 0.6 is 0 Å². The van der Waals surface area contributed by atoms with E-state index in [4.69, 9.17) is 0 Å². The fourth-order valence-corrected chi connectivity index (χ4v) is 5.36. The lowest BCUT2D eigenvalue weighted by atomic mass is 9.96. The van der Waals surface area contributed by atoms with Crippen LogP contribution in [0.5, 0.6) is 0 Å². The van der Waals surface area contributed by atoms with Crippen LogP contribution in [0.25, 0.3) is 0 Å². The van der Waals surface area contributed by atoms with Crippen LogP contribution in [0.2, 0.25) is 0 Å². The summed E-state index contributed by atoms with van der Waals surface area (Å²) < 4.78 is 0. The van der Waals surface area contributed by atoms with Crippen LogP contribution in [-0.4, -0.2) is 0 Å². The second-order valence-corrected chi connectivity index (χ2v) is 11.0. The average molecular weight is 471 g/mol. The highest BCUT2D eigenvalue weighted by Gasteiger charge is 2.02. The maximum atomic E-state index is 2.40. The zero-order valence-corrected chi connectivity index (χ0v) is 23.7. The summed E-state index contributed by atoms with van der Waals surface area (Å²) in [6.45, 7) is 4.61. The van der Waals surface area contributed by atoms with E-state index in [-0.39, 0.29) is 0 Å². The van der Waals surface area contributed by atoms with E-state index in [0.717, 1.165) is 0 Å². The van der Waals surface area contributed by atoms with Gasteiger partial charge in [0.2, 0.25) is 0 Å². The molecule has 1 aromatic carbocycles. The summed E-state index contributed by atoms with van der Waals surface area (Å²) >= 11 is 0. The first-order chi connectivity index (χ1) is 16.9. The molecule has 0 atom stereocenters. The van der Waals surface area contributed by atoms with Crippen LogP contribution < -0.4 is 0 Å². The van der Waals surface area contributed by atoms with Crippen molar-refractivity contribution in [3.63, 3.8) is 0 Å². The highest BCUT2D eigenvalue weighted by molar-refractivity contribution is 5.27. The molecule has 0 saturated heterocycles. The second kappa shape index (κ2) is 25.3. The number of unbranched alkanes of at least 4 members (excludes halogenated alkanes) is 22. The van der Waals surface area contributed by atoms with Gasteiger partial charge in [-0.05, 0) is 36.8 Å². The zero-order valence-electron chi connectivity index (χ0n) is 23.7. The van der Waals surface area contributed by atoms with Gasteiger partial charge in [0.25, 0.3) is 0 Å². The van der Waals surface area contributed by atoms with E-state index in [1.807, 2.05) is 0 Å². The van der Waals surface area contributed by atoms with Crippen LogP contribution in [0.3, 0.4) is 0 Å². The Kier molecular flexibility index (Phi) is 23.3. The first kappa shape index (κ1) is 31.3. The molecule has 198 valence electrons. The van der Waals surface area contributed by atoms with E-state index in [9.17, 15) is 0 Å². The van der Waals surface area contributed by atoms with Gasteiger partial charge in [0, 0.05) is 0 Å². The number of aryl methyl sites for hydroxylation is 2. The molecule has 0 aliphatic carbocycles. The normalized spacial score (nSPS) is 11.4. The van der Waals surface area contributed by atoms with Crippen molar-refractivity contribution in [2.75, 3.05) is 0 Å². The molecule has 34 heavy (non-hydrogen) atoms. The second-order valence-electron chi connectivity index (χ2n) is 11.0. The fraction of sp³-hybridized carbons (Fsp3) is 0.824. The molecule has 0 amide bonds. The molecule has 0 fully saturated rings. The van der Waals surface area contributed by atoms with Crippen molar-refractivity contribution in [3.8, 4) is 0 Å². The molecule has 0 spiro atoms. The van der Waals surface area contributed by atoms with Gasteiger partial charge in [-0.15, -0.1) is 0 Å². The predicted octanol–water partition coefficient (Wildman–Crippen LogP) is 12.2. The Morgan fingerprint density at radius 1 is 0.324 bits per heavy atom. The van der Waals surface area contributed by atoms with Crippen LogP contribution in [0, 0.1) is 0 Å².